The third-order valence-electron chi connectivity index (χ3n) is 3.32. The highest BCUT2D eigenvalue weighted by atomic mass is 16.3. The SMILES string of the molecule is O=C(C1CCCC1)N(CCO)C1CC1. The number of nitrogens with zero attached hydrogens (tertiary/aromatic N) is 1. The average molecular weight is 197 g/mol. The molecule has 14 heavy (non-hydrogen) atoms. The van der Waals surface area contributed by atoms with Crippen LogP contribution in [0.5, 0.6) is 0 Å². The minimum atomic E-state index is 0.106. The molecular weight excluding hydrogens is 178 g/mol. The molecule has 2 saturated carbocycles. The number of hydrogen-bond donors (Lipinski definition) is 1. The van der Waals surface area contributed by atoms with Gasteiger partial charge in [0.2, 0.25) is 5.91 Å². The van der Waals surface area contributed by atoms with Crippen molar-refractivity contribution in [3.8, 4) is 0 Å². The highest BCUT2D eigenvalue weighted by Crippen LogP contribution is 2.32. The molecule has 0 atom stereocenters. The fourth-order valence-corrected chi connectivity index (χ4v) is 2.37. The maximum Gasteiger partial charge on any atom is 0.226 e. The third-order valence-corrected chi connectivity index (χ3v) is 3.32. The maximum absolute atomic E-state index is 12.0. The number of hydrogen-bond acceptors (Lipinski definition) is 2. The summed E-state index contributed by atoms with van der Waals surface area (Å²) in [6.07, 6.45) is 6.81. The van der Waals surface area contributed by atoms with Gasteiger partial charge in [0.1, 0.15) is 0 Å². The van der Waals surface area contributed by atoms with E-state index >= 15 is 0 Å². The molecule has 0 unspecified atom stereocenters. The Kier molecular flexibility index (Phi) is 3.06. The van der Waals surface area contributed by atoms with Crippen molar-refractivity contribution in [3.05, 3.63) is 0 Å². The summed E-state index contributed by atoms with van der Waals surface area (Å²) in [7, 11) is 0. The Balaban J connectivity index is 1.91. The zero-order chi connectivity index (χ0) is 9.97. The minimum Gasteiger partial charge on any atom is -0.395 e. The van der Waals surface area contributed by atoms with Crippen molar-refractivity contribution in [2.75, 3.05) is 13.2 Å². The summed E-state index contributed by atoms with van der Waals surface area (Å²) < 4.78 is 0. The van der Waals surface area contributed by atoms with Gasteiger partial charge in [0.05, 0.1) is 6.61 Å². The van der Waals surface area contributed by atoms with Gasteiger partial charge in [-0.05, 0) is 25.7 Å². The van der Waals surface area contributed by atoms with Crippen LogP contribution in [0, 0.1) is 5.92 Å². The molecule has 0 aromatic heterocycles. The molecule has 80 valence electrons. The quantitative estimate of drug-likeness (QED) is 0.734. The molecule has 0 heterocycles. The number of rotatable bonds is 4. The van der Waals surface area contributed by atoms with E-state index in [9.17, 15) is 4.79 Å². The first-order valence-electron chi connectivity index (χ1n) is 5.74. The lowest BCUT2D eigenvalue weighted by atomic mass is 10.1. The number of carbonyl (C=O) groups is 1. The fourth-order valence-electron chi connectivity index (χ4n) is 2.37. The molecule has 0 aliphatic heterocycles. The van der Waals surface area contributed by atoms with Crippen LogP contribution < -0.4 is 0 Å². The summed E-state index contributed by atoms with van der Waals surface area (Å²) >= 11 is 0. The van der Waals surface area contributed by atoms with E-state index in [4.69, 9.17) is 5.11 Å². The summed E-state index contributed by atoms with van der Waals surface area (Å²) in [4.78, 5) is 13.9. The van der Waals surface area contributed by atoms with Crippen LogP contribution in [0.3, 0.4) is 0 Å². The molecule has 0 bridgehead atoms. The molecule has 1 amide bonds. The molecular formula is C11H19NO2. The van der Waals surface area contributed by atoms with Gasteiger partial charge in [0, 0.05) is 18.5 Å². The van der Waals surface area contributed by atoms with Crippen molar-refractivity contribution in [2.24, 2.45) is 5.92 Å². The lowest BCUT2D eigenvalue weighted by Gasteiger charge is -2.24. The zero-order valence-corrected chi connectivity index (χ0v) is 8.61. The molecule has 0 spiro atoms. The predicted molar refractivity (Wildman–Crippen MR) is 53.8 cm³/mol. The second-order valence-corrected chi connectivity index (χ2v) is 4.47. The number of carbonyl (C=O) groups excluding carboxylic acids is 1. The highest BCUT2D eigenvalue weighted by Gasteiger charge is 2.36. The normalized spacial score (nSPS) is 22.6. The van der Waals surface area contributed by atoms with E-state index in [1.165, 1.54) is 12.8 Å². The van der Waals surface area contributed by atoms with Crippen LogP contribution in [-0.2, 0) is 4.79 Å². The monoisotopic (exact) mass is 197 g/mol. The van der Waals surface area contributed by atoms with Crippen LogP contribution in [-0.4, -0.2) is 35.1 Å². The van der Waals surface area contributed by atoms with Crippen molar-refractivity contribution in [1.29, 1.82) is 0 Å². The van der Waals surface area contributed by atoms with Gasteiger partial charge in [-0.25, -0.2) is 0 Å². The Morgan fingerprint density at radius 2 is 1.86 bits per heavy atom. The van der Waals surface area contributed by atoms with Gasteiger partial charge in [-0.1, -0.05) is 12.8 Å². The van der Waals surface area contributed by atoms with Gasteiger partial charge in [-0.15, -0.1) is 0 Å². The first-order chi connectivity index (χ1) is 6.83. The first kappa shape index (κ1) is 9.97. The van der Waals surface area contributed by atoms with Crippen LogP contribution in [0.25, 0.3) is 0 Å². The fraction of sp³-hybridized carbons (Fsp3) is 0.909. The van der Waals surface area contributed by atoms with Crippen LogP contribution in [0.2, 0.25) is 0 Å². The first-order valence-corrected chi connectivity index (χ1v) is 5.74. The predicted octanol–water partition coefficient (Wildman–Crippen LogP) is 1.16. The van der Waals surface area contributed by atoms with E-state index < -0.39 is 0 Å². The van der Waals surface area contributed by atoms with Crippen molar-refractivity contribution < 1.29 is 9.90 Å². The van der Waals surface area contributed by atoms with Gasteiger partial charge in [0.25, 0.3) is 0 Å². The Bertz CT molecular complexity index is 207. The summed E-state index contributed by atoms with van der Waals surface area (Å²) in [6.45, 7) is 0.648. The van der Waals surface area contributed by atoms with E-state index in [2.05, 4.69) is 0 Å². The van der Waals surface area contributed by atoms with Crippen LogP contribution in [0.1, 0.15) is 38.5 Å². The lowest BCUT2D eigenvalue weighted by Crippen LogP contribution is -2.39. The summed E-state index contributed by atoms with van der Waals surface area (Å²) in [5.74, 6) is 0.571. The van der Waals surface area contributed by atoms with Crippen molar-refractivity contribution >= 4 is 5.91 Å². The van der Waals surface area contributed by atoms with E-state index in [1.54, 1.807) is 0 Å². The van der Waals surface area contributed by atoms with Gasteiger partial charge >= 0.3 is 0 Å². The topological polar surface area (TPSA) is 40.5 Å². The Labute approximate surface area is 85.1 Å². The van der Waals surface area contributed by atoms with Crippen molar-refractivity contribution in [2.45, 2.75) is 44.6 Å². The molecule has 1 N–H and O–H groups in total. The Morgan fingerprint density at radius 1 is 1.21 bits per heavy atom. The molecule has 0 aromatic carbocycles. The smallest absolute Gasteiger partial charge is 0.226 e. The van der Waals surface area contributed by atoms with Crippen molar-refractivity contribution in [3.63, 3.8) is 0 Å². The molecule has 3 nitrogen and oxygen atoms in total. The Hall–Kier alpha value is -0.570. The summed E-state index contributed by atoms with van der Waals surface area (Å²) in [6, 6.07) is 0.454. The number of aliphatic hydroxyl groups is 1. The highest BCUT2D eigenvalue weighted by molar-refractivity contribution is 5.79. The van der Waals surface area contributed by atoms with Crippen LogP contribution in [0.15, 0.2) is 0 Å². The second kappa shape index (κ2) is 4.30. The lowest BCUT2D eigenvalue weighted by molar-refractivity contribution is -0.136. The molecule has 0 aromatic rings. The minimum absolute atomic E-state index is 0.106. The van der Waals surface area contributed by atoms with Gasteiger partial charge in [-0.2, -0.15) is 0 Å². The average Bonchev–Trinajstić information content (AvgIpc) is 2.88. The maximum atomic E-state index is 12.0. The standard InChI is InChI=1S/C11H19NO2/c13-8-7-12(10-5-6-10)11(14)9-3-1-2-4-9/h9-10,13H,1-8H2. The molecule has 2 fully saturated rings. The van der Waals surface area contributed by atoms with Crippen molar-refractivity contribution in [1.82, 2.24) is 4.90 Å². The Morgan fingerprint density at radius 3 is 2.36 bits per heavy atom. The van der Waals surface area contributed by atoms with E-state index in [0.717, 1.165) is 25.7 Å². The van der Waals surface area contributed by atoms with E-state index in [1.807, 2.05) is 4.90 Å². The van der Waals surface area contributed by atoms with Crippen LogP contribution in [0.4, 0.5) is 0 Å². The summed E-state index contributed by atoms with van der Waals surface area (Å²) in [5.41, 5.74) is 0. The van der Waals surface area contributed by atoms with Gasteiger partial charge in [0.15, 0.2) is 0 Å². The largest absolute Gasteiger partial charge is 0.395 e. The molecule has 3 heteroatoms. The molecule has 2 aliphatic carbocycles. The number of aliphatic hydroxyl groups excluding tert-OH is 1. The molecule has 2 aliphatic rings. The summed E-state index contributed by atoms with van der Waals surface area (Å²) in [5, 5.41) is 8.91. The van der Waals surface area contributed by atoms with Crippen LogP contribution >= 0.6 is 0 Å². The van der Waals surface area contributed by atoms with E-state index in [-0.39, 0.29) is 12.5 Å². The van der Waals surface area contributed by atoms with Gasteiger partial charge in [-0.3, -0.25) is 4.79 Å². The third kappa shape index (κ3) is 2.08. The van der Waals surface area contributed by atoms with E-state index in [0.29, 0.717) is 18.5 Å². The molecule has 0 saturated heterocycles. The molecule has 2 rings (SSSR count). The second-order valence-electron chi connectivity index (χ2n) is 4.47. The zero-order valence-electron chi connectivity index (χ0n) is 8.61. The van der Waals surface area contributed by atoms with Gasteiger partial charge < -0.3 is 10.0 Å². The number of amides is 1. The molecule has 0 radical (unpaired) electrons.